The highest BCUT2D eigenvalue weighted by Crippen LogP contribution is 2.08. The van der Waals surface area contributed by atoms with Crippen molar-refractivity contribution in [2.75, 3.05) is 6.61 Å². The van der Waals surface area contributed by atoms with E-state index >= 15 is 0 Å². The Labute approximate surface area is 96.7 Å². The van der Waals surface area contributed by atoms with Crippen molar-refractivity contribution < 1.29 is 14.3 Å². The fourth-order valence-corrected chi connectivity index (χ4v) is 1.75. The lowest BCUT2D eigenvalue weighted by atomic mass is 10.1. The van der Waals surface area contributed by atoms with Crippen LogP contribution in [0, 0.1) is 0 Å². The van der Waals surface area contributed by atoms with Crippen molar-refractivity contribution in [3.63, 3.8) is 0 Å². The molecule has 1 heterocycles. The van der Waals surface area contributed by atoms with Crippen LogP contribution in [0.4, 0.5) is 0 Å². The number of rotatable bonds is 0. The Morgan fingerprint density at radius 1 is 1.12 bits per heavy atom. The van der Waals surface area contributed by atoms with Gasteiger partial charge in [-0.3, -0.25) is 9.59 Å². The Morgan fingerprint density at radius 2 is 1.81 bits per heavy atom. The molecule has 0 spiro atoms. The van der Waals surface area contributed by atoms with Crippen LogP contribution in [0.25, 0.3) is 0 Å². The SMILES string of the molecule is CC1CCOC(=O)CCCCCCC(=O)N1. The second-order valence-corrected chi connectivity index (χ2v) is 4.39. The molecule has 1 aliphatic heterocycles. The third-order valence-electron chi connectivity index (χ3n) is 2.76. The monoisotopic (exact) mass is 227 g/mol. The van der Waals surface area contributed by atoms with Crippen LogP contribution in [0.15, 0.2) is 0 Å². The summed E-state index contributed by atoms with van der Waals surface area (Å²) in [6, 6.07) is 0.0843. The average molecular weight is 227 g/mol. The number of hydrogen-bond donors (Lipinski definition) is 1. The Balaban J connectivity index is 2.37. The zero-order valence-electron chi connectivity index (χ0n) is 9.96. The van der Waals surface area contributed by atoms with E-state index in [1.54, 1.807) is 0 Å². The maximum absolute atomic E-state index is 11.4. The van der Waals surface area contributed by atoms with Crippen molar-refractivity contribution in [3.8, 4) is 0 Å². The van der Waals surface area contributed by atoms with Crippen molar-refractivity contribution in [3.05, 3.63) is 0 Å². The number of esters is 1. The van der Waals surface area contributed by atoms with Gasteiger partial charge in [-0.05, 0) is 19.8 Å². The molecular weight excluding hydrogens is 206 g/mol. The van der Waals surface area contributed by atoms with E-state index in [4.69, 9.17) is 4.74 Å². The summed E-state index contributed by atoms with van der Waals surface area (Å²) >= 11 is 0. The lowest BCUT2D eigenvalue weighted by Gasteiger charge is -2.13. The summed E-state index contributed by atoms with van der Waals surface area (Å²) in [5, 5.41) is 2.90. The summed E-state index contributed by atoms with van der Waals surface area (Å²) in [6.07, 6.45) is 5.59. The predicted octanol–water partition coefficient (Wildman–Crippen LogP) is 1.78. The maximum Gasteiger partial charge on any atom is 0.305 e. The van der Waals surface area contributed by atoms with Gasteiger partial charge in [-0.25, -0.2) is 0 Å². The van der Waals surface area contributed by atoms with Crippen LogP contribution in [-0.2, 0) is 14.3 Å². The first-order chi connectivity index (χ1) is 7.68. The van der Waals surface area contributed by atoms with Crippen molar-refractivity contribution in [2.45, 2.75) is 57.9 Å². The van der Waals surface area contributed by atoms with Gasteiger partial charge in [0.05, 0.1) is 6.61 Å². The lowest BCUT2D eigenvalue weighted by molar-refractivity contribution is -0.143. The molecule has 0 bridgehead atoms. The standard InChI is InChI=1S/C12H21NO3/c1-10-8-9-16-12(15)7-5-3-2-4-6-11(14)13-10/h10H,2-9H2,1H3,(H,13,14). The number of ether oxygens (including phenoxy) is 1. The minimum Gasteiger partial charge on any atom is -0.466 e. The molecule has 16 heavy (non-hydrogen) atoms. The zero-order valence-corrected chi connectivity index (χ0v) is 9.96. The predicted molar refractivity (Wildman–Crippen MR) is 60.9 cm³/mol. The highest BCUT2D eigenvalue weighted by atomic mass is 16.5. The van der Waals surface area contributed by atoms with E-state index in [-0.39, 0.29) is 17.9 Å². The Hall–Kier alpha value is -1.06. The van der Waals surface area contributed by atoms with Crippen LogP contribution in [0.1, 0.15) is 51.9 Å². The number of amides is 1. The van der Waals surface area contributed by atoms with Crippen LogP contribution in [0.5, 0.6) is 0 Å². The van der Waals surface area contributed by atoms with Gasteiger partial charge in [0, 0.05) is 25.3 Å². The number of cyclic esters (lactones) is 1. The molecule has 0 aliphatic carbocycles. The number of hydrogen-bond acceptors (Lipinski definition) is 3. The molecule has 0 aromatic heterocycles. The van der Waals surface area contributed by atoms with Crippen molar-refractivity contribution >= 4 is 11.9 Å². The van der Waals surface area contributed by atoms with Gasteiger partial charge in [0.1, 0.15) is 0 Å². The van der Waals surface area contributed by atoms with E-state index in [1.165, 1.54) is 0 Å². The minimum atomic E-state index is -0.113. The zero-order chi connectivity index (χ0) is 11.8. The summed E-state index contributed by atoms with van der Waals surface area (Å²) in [5.41, 5.74) is 0. The molecular formula is C12H21NO3. The van der Waals surface area contributed by atoms with Gasteiger partial charge in [0.25, 0.3) is 0 Å². The number of carbonyl (C=O) groups excluding carboxylic acids is 2. The van der Waals surface area contributed by atoms with Crippen molar-refractivity contribution in [1.82, 2.24) is 5.32 Å². The minimum absolute atomic E-state index is 0.0843. The number of carbonyl (C=O) groups is 2. The molecule has 1 amide bonds. The molecule has 92 valence electrons. The molecule has 4 heteroatoms. The van der Waals surface area contributed by atoms with E-state index < -0.39 is 0 Å². The Morgan fingerprint density at radius 3 is 2.56 bits per heavy atom. The first kappa shape index (κ1) is 13.0. The summed E-state index contributed by atoms with van der Waals surface area (Å²) in [7, 11) is 0. The molecule has 1 aliphatic rings. The molecule has 0 saturated carbocycles. The van der Waals surface area contributed by atoms with Crippen LogP contribution < -0.4 is 5.32 Å². The highest BCUT2D eigenvalue weighted by Gasteiger charge is 2.10. The molecule has 1 N–H and O–H groups in total. The largest absolute Gasteiger partial charge is 0.466 e. The van der Waals surface area contributed by atoms with Gasteiger partial charge in [0.15, 0.2) is 0 Å². The lowest BCUT2D eigenvalue weighted by Crippen LogP contribution is -2.33. The average Bonchev–Trinajstić information content (AvgIpc) is 2.23. The van der Waals surface area contributed by atoms with Gasteiger partial charge >= 0.3 is 5.97 Å². The van der Waals surface area contributed by atoms with Crippen LogP contribution >= 0.6 is 0 Å². The van der Waals surface area contributed by atoms with Gasteiger partial charge in [-0.1, -0.05) is 12.8 Å². The molecule has 0 aromatic rings. The van der Waals surface area contributed by atoms with Crippen LogP contribution in [-0.4, -0.2) is 24.5 Å². The van der Waals surface area contributed by atoms with Gasteiger partial charge < -0.3 is 10.1 Å². The third kappa shape index (κ3) is 5.73. The third-order valence-corrected chi connectivity index (χ3v) is 2.76. The Bertz CT molecular complexity index is 240. The summed E-state index contributed by atoms with van der Waals surface area (Å²) in [4.78, 5) is 22.7. The molecule has 0 aromatic carbocycles. The first-order valence-electron chi connectivity index (χ1n) is 6.13. The number of nitrogens with one attached hydrogen (secondary N) is 1. The smallest absolute Gasteiger partial charge is 0.305 e. The van der Waals surface area contributed by atoms with Crippen LogP contribution in [0.2, 0.25) is 0 Å². The molecule has 1 atom stereocenters. The van der Waals surface area contributed by atoms with Crippen LogP contribution in [0.3, 0.4) is 0 Å². The second-order valence-electron chi connectivity index (χ2n) is 4.39. The quantitative estimate of drug-likeness (QED) is 0.642. The van der Waals surface area contributed by atoms with Crippen molar-refractivity contribution in [2.24, 2.45) is 0 Å². The fourth-order valence-electron chi connectivity index (χ4n) is 1.75. The van der Waals surface area contributed by atoms with Gasteiger partial charge in [0.2, 0.25) is 5.91 Å². The van der Waals surface area contributed by atoms with Gasteiger partial charge in [-0.2, -0.15) is 0 Å². The highest BCUT2D eigenvalue weighted by molar-refractivity contribution is 5.76. The molecule has 1 fully saturated rings. The van der Waals surface area contributed by atoms with E-state index in [1.807, 2.05) is 6.92 Å². The summed E-state index contributed by atoms with van der Waals surface area (Å²) in [5.74, 6) is -0.00385. The summed E-state index contributed by atoms with van der Waals surface area (Å²) in [6.45, 7) is 2.34. The van der Waals surface area contributed by atoms with E-state index in [2.05, 4.69) is 5.32 Å². The summed E-state index contributed by atoms with van der Waals surface area (Å²) < 4.78 is 5.07. The Kier molecular flexibility index (Phi) is 5.90. The molecule has 1 saturated heterocycles. The van der Waals surface area contributed by atoms with Crippen molar-refractivity contribution in [1.29, 1.82) is 0 Å². The molecule has 1 rings (SSSR count). The van der Waals surface area contributed by atoms with Gasteiger partial charge in [-0.15, -0.1) is 0 Å². The molecule has 4 nitrogen and oxygen atoms in total. The molecule has 0 radical (unpaired) electrons. The first-order valence-corrected chi connectivity index (χ1v) is 6.13. The second kappa shape index (κ2) is 7.25. The maximum atomic E-state index is 11.4. The normalized spacial score (nSPS) is 25.7. The molecule has 1 unspecified atom stereocenters. The van der Waals surface area contributed by atoms with E-state index in [9.17, 15) is 9.59 Å². The topological polar surface area (TPSA) is 55.4 Å². The fraction of sp³-hybridized carbons (Fsp3) is 0.833. The van der Waals surface area contributed by atoms with E-state index in [0.717, 1.165) is 25.7 Å². The van der Waals surface area contributed by atoms with E-state index in [0.29, 0.717) is 25.9 Å².